The third kappa shape index (κ3) is 1.97. The van der Waals surface area contributed by atoms with Crippen LogP contribution in [0.4, 0.5) is 0 Å². The van der Waals surface area contributed by atoms with Crippen LogP contribution < -0.4 is 0 Å². The van der Waals surface area contributed by atoms with Crippen LogP contribution in [0.1, 0.15) is 30.1 Å². The van der Waals surface area contributed by atoms with Gasteiger partial charge in [0.25, 0.3) is 0 Å². The van der Waals surface area contributed by atoms with Crippen molar-refractivity contribution in [2.24, 2.45) is 5.92 Å². The number of benzene rings is 1. The Balaban J connectivity index is 1.67. The first-order valence-electron chi connectivity index (χ1n) is 7.53. The third-order valence-electron chi connectivity index (χ3n) is 4.82. The van der Waals surface area contributed by atoms with Gasteiger partial charge in [0.2, 0.25) is 5.91 Å². The number of fused-ring (bicyclic) bond motifs is 2. The third-order valence-corrected chi connectivity index (χ3v) is 4.82. The molecule has 0 N–H and O–H groups in total. The van der Waals surface area contributed by atoms with Crippen LogP contribution in [0.15, 0.2) is 30.5 Å². The number of carbonyl (C=O) groups is 2. The van der Waals surface area contributed by atoms with Crippen molar-refractivity contribution >= 4 is 22.6 Å². The lowest BCUT2D eigenvalue weighted by Crippen LogP contribution is -2.33. The second kappa shape index (κ2) is 4.45. The lowest BCUT2D eigenvalue weighted by Gasteiger charge is -2.18. The van der Waals surface area contributed by atoms with Gasteiger partial charge in [-0.3, -0.25) is 9.59 Å². The van der Waals surface area contributed by atoms with E-state index in [4.69, 9.17) is 0 Å². The first-order valence-corrected chi connectivity index (χ1v) is 7.53. The molecular weight excluding hydrogens is 264 g/mol. The van der Waals surface area contributed by atoms with Crippen LogP contribution in [-0.2, 0) is 11.3 Å². The summed E-state index contributed by atoms with van der Waals surface area (Å²) in [7, 11) is 0. The van der Waals surface area contributed by atoms with E-state index in [1.165, 1.54) is 6.42 Å². The number of hydrogen-bond acceptors (Lipinski definition) is 2. The fourth-order valence-electron chi connectivity index (χ4n) is 3.60. The Hall–Kier alpha value is -2.10. The van der Waals surface area contributed by atoms with Crippen molar-refractivity contribution < 1.29 is 9.59 Å². The molecule has 2 unspecified atom stereocenters. The van der Waals surface area contributed by atoms with Gasteiger partial charge >= 0.3 is 0 Å². The molecule has 2 aromatic rings. The zero-order valence-corrected chi connectivity index (χ0v) is 12.1. The standard InChI is InChI=1S/C17H18N2O2/c1-11(20)14-9-18(15-5-3-2-4-13(14)15)10-17(21)19-7-6-12-8-16(12)19/h2-5,9,12,16H,6-8,10H2,1H3. The summed E-state index contributed by atoms with van der Waals surface area (Å²) in [5.74, 6) is 0.972. The zero-order valence-electron chi connectivity index (χ0n) is 12.1. The molecule has 0 radical (unpaired) electrons. The lowest BCUT2D eigenvalue weighted by molar-refractivity contribution is -0.131. The van der Waals surface area contributed by atoms with E-state index in [1.54, 1.807) is 6.92 Å². The fourth-order valence-corrected chi connectivity index (χ4v) is 3.60. The highest BCUT2D eigenvalue weighted by Gasteiger charge is 2.48. The van der Waals surface area contributed by atoms with Crippen LogP contribution in [0.2, 0.25) is 0 Å². The Morgan fingerprint density at radius 1 is 1.29 bits per heavy atom. The maximum atomic E-state index is 12.5. The molecule has 4 nitrogen and oxygen atoms in total. The molecule has 1 aromatic heterocycles. The lowest BCUT2D eigenvalue weighted by atomic mass is 10.1. The first-order chi connectivity index (χ1) is 10.1. The number of aromatic nitrogens is 1. The fraction of sp³-hybridized carbons (Fsp3) is 0.412. The number of hydrogen-bond donors (Lipinski definition) is 0. The Labute approximate surface area is 123 Å². The van der Waals surface area contributed by atoms with Crippen LogP contribution >= 0.6 is 0 Å². The van der Waals surface area contributed by atoms with Gasteiger partial charge in [-0.15, -0.1) is 0 Å². The summed E-state index contributed by atoms with van der Waals surface area (Å²) in [6.45, 7) is 2.80. The zero-order chi connectivity index (χ0) is 14.6. The van der Waals surface area contributed by atoms with Crippen molar-refractivity contribution in [1.82, 2.24) is 9.47 Å². The molecule has 1 saturated carbocycles. The average Bonchev–Trinajstić information content (AvgIpc) is 2.97. The quantitative estimate of drug-likeness (QED) is 0.812. The summed E-state index contributed by atoms with van der Waals surface area (Å²) in [6.07, 6.45) is 4.16. The molecule has 4 heteroatoms. The SMILES string of the molecule is CC(=O)c1cn(CC(=O)N2CCC3CC32)c2ccccc12. The van der Waals surface area contributed by atoms with E-state index in [0.717, 1.165) is 29.8 Å². The van der Waals surface area contributed by atoms with E-state index in [1.807, 2.05) is 39.9 Å². The molecule has 108 valence electrons. The predicted molar refractivity (Wildman–Crippen MR) is 80.2 cm³/mol. The molecule has 4 rings (SSSR count). The molecule has 1 aromatic carbocycles. The van der Waals surface area contributed by atoms with Crippen molar-refractivity contribution in [3.05, 3.63) is 36.0 Å². The molecule has 2 heterocycles. The topological polar surface area (TPSA) is 42.3 Å². The van der Waals surface area contributed by atoms with E-state index in [2.05, 4.69) is 0 Å². The summed E-state index contributed by atoms with van der Waals surface area (Å²) in [5.41, 5.74) is 1.66. The Morgan fingerprint density at radius 3 is 2.76 bits per heavy atom. The van der Waals surface area contributed by atoms with Crippen LogP contribution in [0, 0.1) is 5.92 Å². The van der Waals surface area contributed by atoms with Crippen LogP contribution in [0.25, 0.3) is 10.9 Å². The number of piperidine rings is 1. The summed E-state index contributed by atoms with van der Waals surface area (Å²) in [5, 5.41) is 0.934. The minimum Gasteiger partial charge on any atom is -0.338 e. The molecule has 0 spiro atoms. The molecule has 1 aliphatic heterocycles. The van der Waals surface area contributed by atoms with Gasteiger partial charge in [0, 0.05) is 35.2 Å². The number of rotatable bonds is 3. The van der Waals surface area contributed by atoms with E-state index in [0.29, 0.717) is 18.2 Å². The van der Waals surface area contributed by atoms with Crippen LogP contribution in [0.3, 0.4) is 0 Å². The molecule has 2 aliphatic rings. The molecule has 2 atom stereocenters. The highest BCUT2D eigenvalue weighted by atomic mass is 16.2. The molecule has 21 heavy (non-hydrogen) atoms. The average molecular weight is 282 g/mol. The molecule has 1 saturated heterocycles. The maximum Gasteiger partial charge on any atom is 0.242 e. The number of likely N-dealkylation sites (tertiary alicyclic amines) is 1. The summed E-state index contributed by atoms with van der Waals surface area (Å²) >= 11 is 0. The van der Waals surface area contributed by atoms with Gasteiger partial charge in [-0.05, 0) is 31.7 Å². The highest BCUT2D eigenvalue weighted by molar-refractivity contribution is 6.07. The molecule has 2 fully saturated rings. The Kier molecular flexibility index (Phi) is 2.67. The first kappa shape index (κ1) is 12.6. The Bertz CT molecular complexity index is 746. The van der Waals surface area contributed by atoms with Crippen molar-refractivity contribution in [2.75, 3.05) is 6.54 Å². The summed E-state index contributed by atoms with van der Waals surface area (Å²) in [6, 6.07) is 8.28. The second-order valence-corrected chi connectivity index (χ2v) is 6.18. The van der Waals surface area contributed by atoms with Gasteiger partial charge in [0.1, 0.15) is 6.54 Å². The number of carbonyl (C=O) groups excluding carboxylic acids is 2. The van der Waals surface area contributed by atoms with Crippen molar-refractivity contribution in [3.63, 3.8) is 0 Å². The number of para-hydroxylation sites is 1. The molecule has 0 bridgehead atoms. The van der Waals surface area contributed by atoms with E-state index in [-0.39, 0.29) is 11.7 Å². The van der Waals surface area contributed by atoms with Gasteiger partial charge in [-0.2, -0.15) is 0 Å². The van der Waals surface area contributed by atoms with Gasteiger partial charge < -0.3 is 9.47 Å². The predicted octanol–water partition coefficient (Wildman–Crippen LogP) is 2.46. The smallest absolute Gasteiger partial charge is 0.242 e. The summed E-state index contributed by atoms with van der Waals surface area (Å²) < 4.78 is 1.92. The van der Waals surface area contributed by atoms with Crippen molar-refractivity contribution in [3.8, 4) is 0 Å². The number of nitrogens with zero attached hydrogens (tertiary/aromatic N) is 2. The molecule has 1 aliphatic carbocycles. The van der Waals surface area contributed by atoms with Gasteiger partial charge in [-0.1, -0.05) is 18.2 Å². The number of ketones is 1. The van der Waals surface area contributed by atoms with Crippen LogP contribution in [0.5, 0.6) is 0 Å². The van der Waals surface area contributed by atoms with E-state index in [9.17, 15) is 9.59 Å². The van der Waals surface area contributed by atoms with Crippen LogP contribution in [-0.4, -0.2) is 33.7 Å². The largest absolute Gasteiger partial charge is 0.338 e. The molecular formula is C17H18N2O2. The Morgan fingerprint density at radius 2 is 2.10 bits per heavy atom. The normalized spacial score (nSPS) is 23.4. The van der Waals surface area contributed by atoms with Gasteiger partial charge in [0.05, 0.1) is 0 Å². The van der Waals surface area contributed by atoms with Gasteiger partial charge in [0.15, 0.2) is 5.78 Å². The minimum absolute atomic E-state index is 0.0424. The number of Topliss-reactive ketones (excluding diaryl/α,β-unsaturated/α-hetero) is 1. The number of amides is 1. The maximum absolute atomic E-state index is 12.5. The monoisotopic (exact) mass is 282 g/mol. The van der Waals surface area contributed by atoms with E-state index >= 15 is 0 Å². The van der Waals surface area contributed by atoms with Gasteiger partial charge in [-0.25, -0.2) is 0 Å². The summed E-state index contributed by atoms with van der Waals surface area (Å²) in [4.78, 5) is 26.3. The van der Waals surface area contributed by atoms with Crippen molar-refractivity contribution in [1.29, 1.82) is 0 Å². The highest BCUT2D eigenvalue weighted by Crippen LogP contribution is 2.44. The van der Waals surface area contributed by atoms with Crippen molar-refractivity contribution in [2.45, 2.75) is 32.4 Å². The second-order valence-electron chi connectivity index (χ2n) is 6.18. The van der Waals surface area contributed by atoms with E-state index < -0.39 is 0 Å². The molecule has 1 amide bonds. The minimum atomic E-state index is 0.0424.